The van der Waals surface area contributed by atoms with Crippen molar-refractivity contribution in [1.29, 1.82) is 0 Å². The van der Waals surface area contributed by atoms with Gasteiger partial charge in [0.05, 0.1) is 18.3 Å². The van der Waals surface area contributed by atoms with Crippen LogP contribution in [0.25, 0.3) is 10.8 Å². The molecule has 6 heteroatoms. The Morgan fingerprint density at radius 1 is 0.606 bits per heavy atom. The van der Waals surface area contributed by atoms with Crippen LogP contribution in [0.3, 0.4) is 0 Å². The molecule has 6 nitrogen and oxygen atoms in total. The molecular weight excluding hydrogens is 420 g/mol. The third kappa shape index (κ3) is 6.84. The van der Waals surface area contributed by atoms with Crippen molar-refractivity contribution in [2.24, 2.45) is 0 Å². The molecule has 0 aliphatic carbocycles. The van der Waals surface area contributed by atoms with Crippen molar-refractivity contribution in [3.8, 4) is 17.2 Å². The van der Waals surface area contributed by atoms with Gasteiger partial charge in [0.15, 0.2) is 0 Å². The highest BCUT2D eigenvalue weighted by Crippen LogP contribution is 2.31. The van der Waals surface area contributed by atoms with E-state index in [0.29, 0.717) is 17.2 Å². The van der Waals surface area contributed by atoms with Crippen LogP contribution in [0.1, 0.15) is 34.6 Å². The Hall–Kier alpha value is -2.80. The van der Waals surface area contributed by atoms with Gasteiger partial charge < -0.3 is 29.2 Å². The number of aliphatic hydroxyl groups is 2. The molecular formula is C27H34O6. The Morgan fingerprint density at radius 3 is 1.97 bits per heavy atom. The number of aliphatic hydroxyl groups excluding tert-OH is 2. The minimum absolute atomic E-state index is 0.347. The van der Waals surface area contributed by atoms with Crippen LogP contribution < -0.4 is 14.2 Å². The molecule has 0 radical (unpaired) electrons. The summed E-state index contributed by atoms with van der Waals surface area (Å²) in [7, 11) is 0. The Bertz CT molecular complexity index is 1000. The number of para-hydroxylation sites is 1. The van der Waals surface area contributed by atoms with Crippen LogP contribution >= 0.6 is 0 Å². The van der Waals surface area contributed by atoms with Crippen LogP contribution in [0.15, 0.2) is 66.7 Å². The highest BCUT2D eigenvalue weighted by Gasteiger charge is 2.26. The summed E-state index contributed by atoms with van der Waals surface area (Å²) in [5.74, 6) is 1.90. The largest absolute Gasteiger partial charge is 0.488 e. The summed E-state index contributed by atoms with van der Waals surface area (Å²) in [4.78, 5) is 0. The standard InChI is InChI=1S/C27H34O6/c1-17(28)19(3)30-21(5)27(32-23-11-7-6-8-12-23)33-26-13-9-10-22-14-15-24(16-25(22)26)31-20(4)18(2)29/h6-21,27-29H,1-5H3. The third-order valence-corrected chi connectivity index (χ3v) is 5.55. The first-order chi connectivity index (χ1) is 15.7. The molecule has 0 bridgehead atoms. The van der Waals surface area contributed by atoms with Crippen molar-refractivity contribution in [3.63, 3.8) is 0 Å². The van der Waals surface area contributed by atoms with E-state index in [0.717, 1.165) is 10.8 Å². The van der Waals surface area contributed by atoms with Gasteiger partial charge in [-0.15, -0.1) is 0 Å². The fourth-order valence-corrected chi connectivity index (χ4v) is 3.20. The molecule has 0 aliphatic rings. The molecule has 3 aromatic rings. The zero-order valence-corrected chi connectivity index (χ0v) is 19.8. The molecule has 0 saturated heterocycles. The molecule has 6 unspecified atom stereocenters. The first-order valence-corrected chi connectivity index (χ1v) is 11.3. The summed E-state index contributed by atoms with van der Waals surface area (Å²) in [6, 6.07) is 20.9. The van der Waals surface area contributed by atoms with Gasteiger partial charge in [-0.25, -0.2) is 0 Å². The lowest BCUT2D eigenvalue weighted by Gasteiger charge is -2.29. The van der Waals surface area contributed by atoms with E-state index in [1.54, 1.807) is 13.8 Å². The van der Waals surface area contributed by atoms with Gasteiger partial charge in [-0.1, -0.05) is 36.4 Å². The minimum atomic E-state index is -0.764. The SMILES string of the molecule is CC(O)C(C)Oc1ccc2cccc(OC(Oc3ccccc3)C(C)OC(C)C(C)O)c2c1. The summed E-state index contributed by atoms with van der Waals surface area (Å²) >= 11 is 0. The fraction of sp³-hybridized carbons (Fsp3) is 0.407. The average Bonchev–Trinajstić information content (AvgIpc) is 2.79. The lowest BCUT2D eigenvalue weighted by atomic mass is 10.1. The van der Waals surface area contributed by atoms with E-state index in [9.17, 15) is 10.2 Å². The molecule has 0 aliphatic heterocycles. The maximum absolute atomic E-state index is 9.88. The summed E-state index contributed by atoms with van der Waals surface area (Å²) in [5, 5.41) is 21.5. The number of rotatable bonds is 11. The molecule has 3 aromatic carbocycles. The van der Waals surface area contributed by atoms with Crippen LogP contribution in [0.2, 0.25) is 0 Å². The van der Waals surface area contributed by atoms with E-state index in [1.807, 2.05) is 87.5 Å². The molecule has 0 amide bonds. The smallest absolute Gasteiger partial charge is 0.266 e. The second-order valence-corrected chi connectivity index (χ2v) is 8.41. The molecule has 6 atom stereocenters. The monoisotopic (exact) mass is 454 g/mol. The Labute approximate surface area is 195 Å². The van der Waals surface area contributed by atoms with Gasteiger partial charge in [0.2, 0.25) is 0 Å². The molecule has 33 heavy (non-hydrogen) atoms. The first kappa shape index (κ1) is 24.8. The Balaban J connectivity index is 1.90. The second-order valence-electron chi connectivity index (χ2n) is 8.41. The summed E-state index contributed by atoms with van der Waals surface area (Å²) in [5.41, 5.74) is 0. The number of benzene rings is 3. The van der Waals surface area contributed by atoms with E-state index >= 15 is 0 Å². The van der Waals surface area contributed by atoms with Gasteiger partial charge in [0.25, 0.3) is 6.29 Å². The van der Waals surface area contributed by atoms with Gasteiger partial charge in [-0.2, -0.15) is 0 Å². The minimum Gasteiger partial charge on any atom is -0.488 e. The van der Waals surface area contributed by atoms with E-state index in [2.05, 4.69) is 0 Å². The van der Waals surface area contributed by atoms with E-state index in [1.165, 1.54) is 0 Å². The molecule has 178 valence electrons. The molecule has 0 fully saturated rings. The summed E-state index contributed by atoms with van der Waals surface area (Å²) in [6.07, 6.45) is -3.19. The number of hydrogen-bond acceptors (Lipinski definition) is 6. The maximum Gasteiger partial charge on any atom is 0.266 e. The van der Waals surface area contributed by atoms with Crippen molar-refractivity contribution in [1.82, 2.24) is 0 Å². The predicted octanol–water partition coefficient (Wildman–Crippen LogP) is 4.95. The third-order valence-electron chi connectivity index (χ3n) is 5.55. The van der Waals surface area contributed by atoms with Gasteiger partial charge >= 0.3 is 0 Å². The van der Waals surface area contributed by atoms with Gasteiger partial charge in [0, 0.05) is 5.39 Å². The zero-order chi connectivity index (χ0) is 24.0. The van der Waals surface area contributed by atoms with Crippen molar-refractivity contribution < 1.29 is 29.2 Å². The zero-order valence-electron chi connectivity index (χ0n) is 19.8. The van der Waals surface area contributed by atoms with Gasteiger partial charge in [-0.05, 0) is 70.3 Å². The van der Waals surface area contributed by atoms with E-state index in [-0.39, 0.29) is 12.2 Å². The molecule has 0 saturated carbocycles. The fourth-order valence-electron chi connectivity index (χ4n) is 3.20. The first-order valence-electron chi connectivity index (χ1n) is 11.3. The average molecular weight is 455 g/mol. The lowest BCUT2D eigenvalue weighted by molar-refractivity contribution is -0.144. The van der Waals surface area contributed by atoms with Crippen LogP contribution in [-0.2, 0) is 4.74 Å². The maximum atomic E-state index is 9.88. The van der Waals surface area contributed by atoms with Crippen molar-refractivity contribution in [2.75, 3.05) is 0 Å². The van der Waals surface area contributed by atoms with Crippen LogP contribution in [-0.4, -0.2) is 47.0 Å². The van der Waals surface area contributed by atoms with Crippen molar-refractivity contribution >= 4 is 10.8 Å². The van der Waals surface area contributed by atoms with Gasteiger partial charge in [0.1, 0.15) is 29.5 Å². The van der Waals surface area contributed by atoms with Crippen LogP contribution in [0.5, 0.6) is 17.2 Å². The van der Waals surface area contributed by atoms with E-state index < -0.39 is 24.6 Å². The molecule has 3 rings (SSSR count). The quantitative estimate of drug-likeness (QED) is 0.400. The molecule has 0 heterocycles. The Kier molecular flexibility index (Phi) is 8.55. The normalized spacial score (nSPS) is 16.9. The van der Waals surface area contributed by atoms with Crippen LogP contribution in [0, 0.1) is 0 Å². The molecule has 0 spiro atoms. The topological polar surface area (TPSA) is 77.4 Å². The van der Waals surface area contributed by atoms with Crippen LogP contribution in [0.4, 0.5) is 0 Å². The number of fused-ring (bicyclic) bond motifs is 1. The van der Waals surface area contributed by atoms with Crippen molar-refractivity contribution in [2.45, 2.75) is 71.4 Å². The van der Waals surface area contributed by atoms with Gasteiger partial charge in [-0.3, -0.25) is 0 Å². The highest BCUT2D eigenvalue weighted by atomic mass is 16.7. The van der Waals surface area contributed by atoms with E-state index in [4.69, 9.17) is 18.9 Å². The predicted molar refractivity (Wildman–Crippen MR) is 129 cm³/mol. The Morgan fingerprint density at radius 2 is 1.30 bits per heavy atom. The van der Waals surface area contributed by atoms with Crippen molar-refractivity contribution in [3.05, 3.63) is 66.7 Å². The summed E-state index contributed by atoms with van der Waals surface area (Å²) in [6.45, 7) is 8.87. The lowest BCUT2D eigenvalue weighted by Crippen LogP contribution is -2.40. The number of hydrogen-bond donors (Lipinski definition) is 2. The second kappa shape index (κ2) is 11.4. The number of ether oxygens (including phenoxy) is 4. The summed E-state index contributed by atoms with van der Waals surface area (Å²) < 4.78 is 24.3. The highest BCUT2D eigenvalue weighted by molar-refractivity contribution is 5.89. The molecule has 2 N–H and O–H groups in total. The molecule has 0 aromatic heterocycles.